The van der Waals surface area contributed by atoms with Crippen molar-refractivity contribution in [3.63, 3.8) is 0 Å². The van der Waals surface area contributed by atoms with Gasteiger partial charge in [0.15, 0.2) is 0 Å². The predicted molar refractivity (Wildman–Crippen MR) is 112 cm³/mol. The Morgan fingerprint density at radius 1 is 1.25 bits per heavy atom. The lowest BCUT2D eigenvalue weighted by atomic mass is 9.92. The first-order valence-corrected chi connectivity index (χ1v) is 11.7. The van der Waals surface area contributed by atoms with Crippen molar-refractivity contribution in [2.24, 2.45) is 11.8 Å². The molecule has 158 valence electrons. The van der Waals surface area contributed by atoms with Crippen molar-refractivity contribution in [3.05, 3.63) is 36.6 Å². The van der Waals surface area contributed by atoms with Gasteiger partial charge in [-0.1, -0.05) is 18.2 Å². The molecule has 0 heterocycles. The molecule has 0 radical (unpaired) electrons. The number of rotatable bonds is 11. The molecule has 0 aromatic rings. The molecule has 6 nitrogen and oxygen atoms in total. The van der Waals surface area contributed by atoms with Gasteiger partial charge in [-0.3, -0.25) is 4.79 Å². The van der Waals surface area contributed by atoms with Crippen molar-refractivity contribution in [2.45, 2.75) is 70.2 Å². The van der Waals surface area contributed by atoms with Crippen LogP contribution in [0.4, 0.5) is 0 Å². The van der Waals surface area contributed by atoms with Crippen LogP contribution in [0, 0.1) is 11.8 Å². The first kappa shape index (κ1) is 22.7. The van der Waals surface area contributed by atoms with E-state index in [-0.39, 0.29) is 23.9 Å². The largest absolute Gasteiger partial charge is 0.498 e. The minimum absolute atomic E-state index is 0.0560. The van der Waals surface area contributed by atoms with Crippen LogP contribution in [0.2, 0.25) is 0 Å². The zero-order chi connectivity index (χ0) is 20.7. The number of sulfonamides is 1. The van der Waals surface area contributed by atoms with E-state index >= 15 is 0 Å². The van der Waals surface area contributed by atoms with Crippen molar-refractivity contribution in [2.75, 3.05) is 6.61 Å². The molecule has 0 saturated heterocycles. The lowest BCUT2D eigenvalue weighted by Gasteiger charge is -2.25. The summed E-state index contributed by atoms with van der Waals surface area (Å²) < 4.78 is 32.4. The molecule has 2 aliphatic rings. The number of amides is 1. The van der Waals surface area contributed by atoms with Crippen LogP contribution < -0.4 is 10.0 Å². The van der Waals surface area contributed by atoms with Crippen LogP contribution in [0.3, 0.4) is 0 Å². The van der Waals surface area contributed by atoms with Crippen LogP contribution in [-0.2, 0) is 19.6 Å². The maximum Gasteiger partial charge on any atom is 0.227 e. The Bertz CT molecular complexity index is 708. The summed E-state index contributed by atoms with van der Waals surface area (Å²) in [5.74, 6) is 1.19. The molecule has 0 bridgehead atoms. The first-order chi connectivity index (χ1) is 13.2. The summed E-state index contributed by atoms with van der Waals surface area (Å²) in [6.45, 7) is 9.72. The number of nitrogens with one attached hydrogen (secondary N) is 2. The van der Waals surface area contributed by atoms with Gasteiger partial charge in [-0.25, -0.2) is 13.1 Å². The van der Waals surface area contributed by atoms with E-state index in [0.29, 0.717) is 25.2 Å². The van der Waals surface area contributed by atoms with Gasteiger partial charge in [-0.2, -0.15) is 0 Å². The highest BCUT2D eigenvalue weighted by Crippen LogP contribution is 2.29. The van der Waals surface area contributed by atoms with E-state index in [1.54, 1.807) is 32.1 Å². The summed E-state index contributed by atoms with van der Waals surface area (Å²) in [5, 5.41) is 2.57. The molecule has 28 heavy (non-hydrogen) atoms. The Hall–Kier alpha value is -1.60. The molecule has 1 saturated carbocycles. The highest BCUT2D eigenvalue weighted by atomic mass is 32.2. The second kappa shape index (κ2) is 10.3. The Labute approximate surface area is 169 Å². The zero-order valence-corrected chi connectivity index (χ0v) is 18.0. The highest BCUT2D eigenvalue weighted by Gasteiger charge is 2.26. The molecule has 3 unspecified atom stereocenters. The fourth-order valence-corrected chi connectivity index (χ4v) is 3.88. The molecule has 2 N–H and O–H groups in total. The van der Waals surface area contributed by atoms with Gasteiger partial charge in [0, 0.05) is 6.04 Å². The lowest BCUT2D eigenvalue weighted by Crippen LogP contribution is -2.42. The third-order valence-electron chi connectivity index (χ3n) is 5.07. The third-order valence-corrected chi connectivity index (χ3v) is 6.94. The predicted octanol–water partition coefficient (Wildman–Crippen LogP) is 3.04. The number of hydrogen-bond acceptors (Lipinski definition) is 4. The number of carbonyl (C=O) groups excluding carboxylic acids is 1. The van der Waals surface area contributed by atoms with Crippen LogP contribution in [-0.4, -0.2) is 38.3 Å². The monoisotopic (exact) mass is 410 g/mol. The first-order valence-electron chi connectivity index (χ1n) is 10.1. The molecule has 0 spiro atoms. The van der Waals surface area contributed by atoms with E-state index in [9.17, 15) is 13.2 Å². The summed E-state index contributed by atoms with van der Waals surface area (Å²) in [7, 11) is -3.32. The molecule has 0 aliphatic heterocycles. The van der Waals surface area contributed by atoms with Crippen LogP contribution in [0.5, 0.6) is 0 Å². The van der Waals surface area contributed by atoms with E-state index in [1.165, 1.54) is 12.8 Å². The second-order valence-corrected chi connectivity index (χ2v) is 10.3. The standard InChI is InChI=1S/C21H34N2O4S/c1-5-6-20(13-16(4)27-14-17-7-8-17)22-21(24)18-9-11-19(12-10-18)23-28(25,26)15(2)3/h5,9,11,13,15,17-20,23H,1,6-8,10,12,14H2,2-4H3,(H,22,24)/b16-13+. The molecule has 1 amide bonds. The average molecular weight is 411 g/mol. The van der Waals surface area contributed by atoms with Gasteiger partial charge in [0.2, 0.25) is 15.9 Å². The number of allylic oxidation sites excluding steroid dienone is 1. The average Bonchev–Trinajstić information content (AvgIpc) is 3.44. The van der Waals surface area contributed by atoms with Crippen LogP contribution >= 0.6 is 0 Å². The fourth-order valence-electron chi connectivity index (χ4n) is 2.99. The topological polar surface area (TPSA) is 84.5 Å². The van der Waals surface area contributed by atoms with E-state index in [4.69, 9.17) is 4.74 Å². The molecular formula is C21H34N2O4S. The molecule has 0 aromatic heterocycles. The van der Waals surface area contributed by atoms with Gasteiger partial charge in [0.1, 0.15) is 0 Å². The quantitative estimate of drug-likeness (QED) is 0.405. The van der Waals surface area contributed by atoms with Gasteiger partial charge < -0.3 is 10.1 Å². The highest BCUT2D eigenvalue weighted by molar-refractivity contribution is 7.90. The summed E-state index contributed by atoms with van der Waals surface area (Å²) in [6.07, 6.45) is 11.6. The molecular weight excluding hydrogens is 376 g/mol. The normalized spacial score (nSPS) is 24.1. The minimum atomic E-state index is -3.32. The Morgan fingerprint density at radius 2 is 1.96 bits per heavy atom. The zero-order valence-electron chi connectivity index (χ0n) is 17.2. The SMILES string of the molecule is C=CCC(/C=C(\C)OCC1CC1)NC(=O)C1C=CC(NS(=O)(=O)C(C)C)CC1. The second-order valence-electron chi connectivity index (χ2n) is 8.06. The van der Waals surface area contributed by atoms with Crippen molar-refractivity contribution in [3.8, 4) is 0 Å². The molecule has 2 rings (SSSR count). The van der Waals surface area contributed by atoms with Crippen molar-refractivity contribution >= 4 is 15.9 Å². The molecule has 0 aromatic carbocycles. The van der Waals surface area contributed by atoms with Gasteiger partial charge in [-0.15, -0.1) is 6.58 Å². The van der Waals surface area contributed by atoms with Crippen molar-refractivity contribution < 1.29 is 17.9 Å². The maximum absolute atomic E-state index is 12.6. The summed E-state index contributed by atoms with van der Waals surface area (Å²) in [6, 6.07) is -0.409. The Balaban J connectivity index is 1.88. The Kier molecular flexibility index (Phi) is 8.31. The third kappa shape index (κ3) is 7.43. The number of hydrogen-bond donors (Lipinski definition) is 2. The van der Waals surface area contributed by atoms with Crippen LogP contribution in [0.1, 0.15) is 52.9 Å². The van der Waals surface area contributed by atoms with E-state index in [0.717, 1.165) is 12.4 Å². The van der Waals surface area contributed by atoms with Gasteiger partial charge in [-0.05, 0) is 64.9 Å². The minimum Gasteiger partial charge on any atom is -0.498 e. The number of carbonyl (C=O) groups is 1. The number of ether oxygens (including phenoxy) is 1. The van der Waals surface area contributed by atoms with Gasteiger partial charge >= 0.3 is 0 Å². The molecule has 7 heteroatoms. The van der Waals surface area contributed by atoms with E-state index in [1.807, 2.05) is 13.0 Å². The smallest absolute Gasteiger partial charge is 0.227 e. The van der Waals surface area contributed by atoms with Gasteiger partial charge in [0.25, 0.3) is 0 Å². The maximum atomic E-state index is 12.6. The van der Waals surface area contributed by atoms with Crippen molar-refractivity contribution in [1.82, 2.24) is 10.0 Å². The van der Waals surface area contributed by atoms with Crippen LogP contribution in [0.15, 0.2) is 36.6 Å². The summed E-state index contributed by atoms with van der Waals surface area (Å²) >= 11 is 0. The Morgan fingerprint density at radius 3 is 2.50 bits per heavy atom. The van der Waals surface area contributed by atoms with Crippen LogP contribution in [0.25, 0.3) is 0 Å². The van der Waals surface area contributed by atoms with E-state index in [2.05, 4.69) is 16.6 Å². The molecule has 3 atom stereocenters. The lowest BCUT2D eigenvalue weighted by molar-refractivity contribution is -0.124. The van der Waals surface area contributed by atoms with E-state index < -0.39 is 15.3 Å². The molecule has 1 fully saturated rings. The summed E-state index contributed by atoms with van der Waals surface area (Å²) in [4.78, 5) is 12.6. The summed E-state index contributed by atoms with van der Waals surface area (Å²) in [5.41, 5.74) is 0. The van der Waals surface area contributed by atoms with Crippen molar-refractivity contribution in [1.29, 1.82) is 0 Å². The molecule has 2 aliphatic carbocycles. The van der Waals surface area contributed by atoms with Gasteiger partial charge in [0.05, 0.1) is 29.6 Å². The fraction of sp³-hybridized carbons (Fsp3) is 0.667.